The second-order valence-corrected chi connectivity index (χ2v) is 12.3. The molecule has 1 aliphatic heterocycles. The summed E-state index contributed by atoms with van der Waals surface area (Å²) in [5.74, 6) is 0.0954. The van der Waals surface area contributed by atoms with E-state index in [1.165, 1.54) is 43.4 Å². The summed E-state index contributed by atoms with van der Waals surface area (Å²) in [6, 6.07) is 6.37. The zero-order chi connectivity index (χ0) is 22.2. The summed E-state index contributed by atoms with van der Waals surface area (Å²) in [6.45, 7) is 2.03. The number of nitriles is 1. The van der Waals surface area contributed by atoms with Crippen molar-refractivity contribution in [2.45, 2.75) is 73.8 Å². The van der Waals surface area contributed by atoms with Crippen molar-refractivity contribution < 1.29 is 4.79 Å². The van der Waals surface area contributed by atoms with E-state index in [1.807, 2.05) is 24.0 Å². The highest BCUT2D eigenvalue weighted by Gasteiger charge is 2.41. The van der Waals surface area contributed by atoms with E-state index in [1.54, 1.807) is 23.1 Å². The van der Waals surface area contributed by atoms with Crippen LogP contribution in [-0.2, 0) is 4.79 Å². The Labute approximate surface area is 200 Å². The molecule has 3 aliphatic rings. The Hall–Kier alpha value is -2.15. The molecule has 32 heavy (non-hydrogen) atoms. The lowest BCUT2D eigenvalue weighted by atomic mass is 9.78. The third-order valence-electron chi connectivity index (χ3n) is 6.37. The number of thioether (sulfide) groups is 1. The molecular formula is C23H25N5OS3. The zero-order valence-electron chi connectivity index (χ0n) is 18.0. The Morgan fingerprint density at radius 1 is 1.16 bits per heavy atom. The fourth-order valence-electron chi connectivity index (χ4n) is 4.86. The number of carbonyl (C=O) groups is 1. The predicted molar refractivity (Wildman–Crippen MR) is 130 cm³/mol. The fourth-order valence-corrected chi connectivity index (χ4v) is 8.25. The molecule has 9 heteroatoms. The molecule has 1 atom stereocenters. The molecule has 166 valence electrons. The summed E-state index contributed by atoms with van der Waals surface area (Å²) in [5.41, 5.74) is 8.65. The van der Waals surface area contributed by atoms with Gasteiger partial charge in [-0.05, 0) is 44.7 Å². The minimum atomic E-state index is -0.387. The molecule has 2 aromatic rings. The summed E-state index contributed by atoms with van der Waals surface area (Å²) >= 11 is 4.93. The van der Waals surface area contributed by atoms with Crippen LogP contribution in [0.2, 0.25) is 0 Å². The molecule has 0 radical (unpaired) electrons. The first-order chi connectivity index (χ1) is 15.6. The summed E-state index contributed by atoms with van der Waals surface area (Å²) in [7, 11) is 0. The maximum absolute atomic E-state index is 13.1. The lowest BCUT2D eigenvalue weighted by Gasteiger charge is -2.37. The molecule has 2 aromatic heterocycles. The van der Waals surface area contributed by atoms with Gasteiger partial charge in [-0.25, -0.2) is 0 Å². The Balaban J connectivity index is 1.55. The Morgan fingerprint density at radius 3 is 2.69 bits per heavy atom. The van der Waals surface area contributed by atoms with Crippen LogP contribution in [0.15, 0.2) is 39.1 Å². The van der Waals surface area contributed by atoms with Gasteiger partial charge in [-0.1, -0.05) is 42.4 Å². The third-order valence-corrected chi connectivity index (χ3v) is 9.76. The standard InChI is InChI=1S/C23H25N5OS3/c1-13-10-11-18(30-13)19-15(12-24)21(25)28(16-8-5-9-17(29)20(16)19)22-26-27-23(32-22)31-14-6-3-2-4-7-14/h10-11,14,19H,2-9,25H2,1H3. The molecular weight excluding hydrogens is 458 g/mol. The molecule has 0 bridgehead atoms. The van der Waals surface area contributed by atoms with E-state index in [0.717, 1.165) is 32.6 Å². The highest BCUT2D eigenvalue weighted by molar-refractivity contribution is 8.01. The highest BCUT2D eigenvalue weighted by Crippen LogP contribution is 2.48. The average molecular weight is 484 g/mol. The van der Waals surface area contributed by atoms with Crippen molar-refractivity contribution in [2.75, 3.05) is 4.90 Å². The lowest BCUT2D eigenvalue weighted by Crippen LogP contribution is -2.38. The van der Waals surface area contributed by atoms with E-state index in [4.69, 9.17) is 5.73 Å². The minimum absolute atomic E-state index is 0.105. The van der Waals surface area contributed by atoms with Crippen molar-refractivity contribution in [1.82, 2.24) is 10.2 Å². The van der Waals surface area contributed by atoms with Crippen LogP contribution in [0.3, 0.4) is 0 Å². The first kappa shape index (κ1) is 21.7. The van der Waals surface area contributed by atoms with Gasteiger partial charge in [-0.2, -0.15) is 5.26 Å². The summed E-state index contributed by atoms with van der Waals surface area (Å²) < 4.78 is 0.929. The van der Waals surface area contributed by atoms with Crippen LogP contribution in [-0.4, -0.2) is 21.2 Å². The number of aryl methyl sites for hydroxylation is 1. The van der Waals surface area contributed by atoms with Crippen molar-refractivity contribution in [3.8, 4) is 6.07 Å². The van der Waals surface area contributed by atoms with Crippen molar-refractivity contribution in [3.05, 3.63) is 44.6 Å². The number of Topliss-reactive ketones (excluding diaryl/α,β-unsaturated/α-hetero) is 1. The molecule has 0 amide bonds. The fraction of sp³-hybridized carbons (Fsp3) is 0.478. The van der Waals surface area contributed by atoms with Gasteiger partial charge >= 0.3 is 0 Å². The van der Waals surface area contributed by atoms with Gasteiger partial charge in [-0.3, -0.25) is 9.69 Å². The minimum Gasteiger partial charge on any atom is -0.384 e. The lowest BCUT2D eigenvalue weighted by molar-refractivity contribution is -0.116. The normalized spacial score (nSPS) is 22.3. The van der Waals surface area contributed by atoms with Gasteiger partial charge in [0.1, 0.15) is 5.82 Å². The molecule has 2 aliphatic carbocycles. The third kappa shape index (κ3) is 3.89. The second kappa shape index (κ2) is 9.00. The maximum Gasteiger partial charge on any atom is 0.219 e. The second-order valence-electron chi connectivity index (χ2n) is 8.49. The van der Waals surface area contributed by atoms with Crippen LogP contribution in [0.25, 0.3) is 0 Å². The van der Waals surface area contributed by atoms with Crippen LogP contribution < -0.4 is 10.6 Å². The number of aromatic nitrogens is 2. The van der Waals surface area contributed by atoms with Crippen molar-refractivity contribution in [3.63, 3.8) is 0 Å². The largest absolute Gasteiger partial charge is 0.384 e. The molecule has 1 unspecified atom stereocenters. The topological polar surface area (TPSA) is 95.9 Å². The molecule has 2 N–H and O–H groups in total. The molecule has 6 nitrogen and oxygen atoms in total. The molecule has 1 saturated carbocycles. The number of hydrogen-bond acceptors (Lipinski definition) is 9. The first-order valence-corrected chi connectivity index (χ1v) is 13.6. The molecule has 5 rings (SSSR count). The number of allylic oxidation sites excluding steroid dienone is 3. The number of thiophene rings is 1. The van der Waals surface area contributed by atoms with Gasteiger partial charge in [0.25, 0.3) is 0 Å². The van der Waals surface area contributed by atoms with E-state index >= 15 is 0 Å². The Bertz CT molecular complexity index is 1150. The smallest absolute Gasteiger partial charge is 0.219 e. The van der Waals surface area contributed by atoms with Gasteiger partial charge in [0, 0.05) is 32.7 Å². The number of ketones is 1. The summed E-state index contributed by atoms with van der Waals surface area (Å²) in [5, 5.41) is 20.2. The van der Waals surface area contributed by atoms with E-state index in [-0.39, 0.29) is 11.7 Å². The molecule has 3 heterocycles. The van der Waals surface area contributed by atoms with Crippen LogP contribution in [0.4, 0.5) is 5.13 Å². The highest BCUT2D eigenvalue weighted by atomic mass is 32.2. The number of nitrogens with two attached hydrogens (primary N) is 1. The number of rotatable bonds is 4. The number of nitrogens with zero attached hydrogens (tertiary/aromatic N) is 4. The SMILES string of the molecule is Cc1ccc(C2C(C#N)=C(N)N(c3nnc(SC4CCCCC4)s3)C3=C2C(=O)CCC3)s1. The summed E-state index contributed by atoms with van der Waals surface area (Å²) in [4.78, 5) is 17.1. The van der Waals surface area contributed by atoms with Crippen LogP contribution in [0, 0.1) is 18.3 Å². The first-order valence-electron chi connectivity index (χ1n) is 11.1. The number of carbonyl (C=O) groups excluding carboxylic acids is 1. The van der Waals surface area contributed by atoms with Crippen molar-refractivity contribution in [2.24, 2.45) is 5.73 Å². The molecule has 0 saturated heterocycles. The number of anilines is 1. The maximum atomic E-state index is 13.1. The van der Waals surface area contributed by atoms with Gasteiger partial charge in [0.05, 0.1) is 17.6 Å². The van der Waals surface area contributed by atoms with Crippen molar-refractivity contribution >= 4 is 45.4 Å². The van der Waals surface area contributed by atoms with Gasteiger partial charge < -0.3 is 5.73 Å². The zero-order valence-corrected chi connectivity index (χ0v) is 20.4. The average Bonchev–Trinajstić information content (AvgIpc) is 3.43. The predicted octanol–water partition coefficient (Wildman–Crippen LogP) is 5.64. The van der Waals surface area contributed by atoms with Gasteiger partial charge in [0.15, 0.2) is 10.1 Å². The van der Waals surface area contributed by atoms with E-state index in [2.05, 4.69) is 16.3 Å². The Morgan fingerprint density at radius 2 is 1.97 bits per heavy atom. The van der Waals surface area contributed by atoms with Gasteiger partial charge in [0.2, 0.25) is 5.13 Å². The number of hydrogen-bond donors (Lipinski definition) is 1. The quantitative estimate of drug-likeness (QED) is 0.601. The van der Waals surface area contributed by atoms with Crippen LogP contribution in [0.5, 0.6) is 0 Å². The summed E-state index contributed by atoms with van der Waals surface area (Å²) in [6.07, 6.45) is 8.34. The molecule has 0 spiro atoms. The molecule has 0 aromatic carbocycles. The van der Waals surface area contributed by atoms with E-state index in [0.29, 0.717) is 33.8 Å². The van der Waals surface area contributed by atoms with Crippen LogP contribution >= 0.6 is 34.4 Å². The van der Waals surface area contributed by atoms with E-state index < -0.39 is 0 Å². The van der Waals surface area contributed by atoms with Gasteiger partial charge in [-0.15, -0.1) is 21.5 Å². The van der Waals surface area contributed by atoms with Crippen molar-refractivity contribution in [1.29, 1.82) is 5.26 Å². The monoisotopic (exact) mass is 483 g/mol. The van der Waals surface area contributed by atoms with Crippen LogP contribution in [0.1, 0.15) is 67.0 Å². The molecule has 1 fully saturated rings. The van der Waals surface area contributed by atoms with E-state index in [9.17, 15) is 10.1 Å². The Kier molecular flexibility index (Phi) is 6.10.